The summed E-state index contributed by atoms with van der Waals surface area (Å²) in [6, 6.07) is 0. The number of allylic oxidation sites excluding steroid dienone is 1. The molecule has 4 heteroatoms. The first kappa shape index (κ1) is 16.8. The minimum atomic E-state index is -1.34. The Kier molecular flexibility index (Phi) is 6.84. The number of carboxylic acids is 1. The number of carbonyl (C=O) groups is 2. The van der Waals surface area contributed by atoms with E-state index in [1.165, 1.54) is 13.0 Å². The Labute approximate surface area is 109 Å². The van der Waals surface area contributed by atoms with Crippen molar-refractivity contribution in [2.75, 3.05) is 0 Å². The fourth-order valence-electron chi connectivity index (χ4n) is 1.72. The minimum absolute atomic E-state index is 0.145. The molecule has 0 bridgehead atoms. The summed E-state index contributed by atoms with van der Waals surface area (Å²) in [6.07, 6.45) is 4.28. The van der Waals surface area contributed by atoms with Crippen molar-refractivity contribution in [2.24, 2.45) is 11.8 Å². The van der Waals surface area contributed by atoms with Crippen molar-refractivity contribution in [3.63, 3.8) is 0 Å². The lowest BCUT2D eigenvalue weighted by Crippen LogP contribution is -2.25. The van der Waals surface area contributed by atoms with Crippen molar-refractivity contribution in [1.29, 1.82) is 0 Å². The predicted octanol–water partition coefficient (Wildman–Crippen LogP) is 2.41. The zero-order valence-corrected chi connectivity index (χ0v) is 11.6. The molecule has 0 aromatic heterocycles. The summed E-state index contributed by atoms with van der Waals surface area (Å²) in [5, 5.41) is 18.5. The van der Waals surface area contributed by atoms with E-state index in [0.29, 0.717) is 12.3 Å². The zero-order valence-electron chi connectivity index (χ0n) is 11.6. The van der Waals surface area contributed by atoms with E-state index in [0.717, 1.165) is 6.42 Å². The minimum Gasteiger partial charge on any atom is -0.481 e. The van der Waals surface area contributed by atoms with E-state index in [2.05, 4.69) is 0 Å². The summed E-state index contributed by atoms with van der Waals surface area (Å²) in [7, 11) is 0. The van der Waals surface area contributed by atoms with Crippen LogP contribution in [0.5, 0.6) is 0 Å². The second-order valence-electron chi connectivity index (χ2n) is 5.44. The van der Waals surface area contributed by atoms with Crippen LogP contribution in [0.15, 0.2) is 12.2 Å². The monoisotopic (exact) mass is 256 g/mol. The van der Waals surface area contributed by atoms with Gasteiger partial charge in [0.25, 0.3) is 0 Å². The normalized spacial score (nSPS) is 16.8. The maximum Gasteiger partial charge on any atom is 0.306 e. The number of ketones is 1. The first-order chi connectivity index (χ1) is 8.14. The average molecular weight is 256 g/mol. The van der Waals surface area contributed by atoms with Crippen LogP contribution in [-0.2, 0) is 9.59 Å². The molecule has 2 N–H and O–H groups in total. The third kappa shape index (κ3) is 8.01. The van der Waals surface area contributed by atoms with Crippen LogP contribution in [0.4, 0.5) is 0 Å². The van der Waals surface area contributed by atoms with E-state index in [9.17, 15) is 14.7 Å². The smallest absolute Gasteiger partial charge is 0.306 e. The molecule has 0 heterocycles. The molecular weight excluding hydrogens is 232 g/mol. The molecule has 104 valence electrons. The van der Waals surface area contributed by atoms with Crippen molar-refractivity contribution in [2.45, 2.75) is 52.6 Å². The summed E-state index contributed by atoms with van der Waals surface area (Å²) in [6.45, 7) is 7.11. The quantitative estimate of drug-likeness (QED) is 0.654. The second kappa shape index (κ2) is 7.31. The van der Waals surface area contributed by atoms with E-state index >= 15 is 0 Å². The highest BCUT2D eigenvalue weighted by atomic mass is 16.4. The maximum atomic E-state index is 11.0. The molecule has 0 amide bonds. The van der Waals surface area contributed by atoms with Crippen LogP contribution in [0.25, 0.3) is 0 Å². The van der Waals surface area contributed by atoms with Gasteiger partial charge >= 0.3 is 5.97 Å². The van der Waals surface area contributed by atoms with E-state index in [4.69, 9.17) is 5.11 Å². The Morgan fingerprint density at radius 2 is 1.89 bits per heavy atom. The Morgan fingerprint density at radius 1 is 1.33 bits per heavy atom. The molecule has 0 saturated heterocycles. The van der Waals surface area contributed by atoms with Gasteiger partial charge in [-0.1, -0.05) is 26.0 Å². The summed E-state index contributed by atoms with van der Waals surface area (Å²) in [5.74, 6) is -0.365. The van der Waals surface area contributed by atoms with E-state index in [-0.39, 0.29) is 18.1 Å². The summed E-state index contributed by atoms with van der Waals surface area (Å²) in [4.78, 5) is 21.5. The van der Waals surface area contributed by atoms with E-state index < -0.39 is 11.6 Å². The molecule has 0 aromatic rings. The highest BCUT2D eigenvalue weighted by Crippen LogP contribution is 2.21. The number of hydrogen-bond acceptors (Lipinski definition) is 3. The number of rotatable bonds is 8. The van der Waals surface area contributed by atoms with Crippen LogP contribution < -0.4 is 0 Å². The van der Waals surface area contributed by atoms with Gasteiger partial charge in [0.1, 0.15) is 5.78 Å². The molecule has 4 nitrogen and oxygen atoms in total. The van der Waals surface area contributed by atoms with Crippen molar-refractivity contribution in [1.82, 2.24) is 0 Å². The van der Waals surface area contributed by atoms with Crippen molar-refractivity contribution >= 4 is 11.8 Å². The lowest BCUT2D eigenvalue weighted by molar-refractivity contribution is -0.140. The molecule has 0 aliphatic carbocycles. The summed E-state index contributed by atoms with van der Waals surface area (Å²) < 4.78 is 0. The number of aliphatic hydroxyl groups is 1. The van der Waals surface area contributed by atoms with Gasteiger partial charge in [0, 0.05) is 6.42 Å². The average Bonchev–Trinajstić information content (AvgIpc) is 2.13. The maximum absolute atomic E-state index is 11.0. The standard InChI is InChI=1S/C14H24O4/c1-10(2)12(6-5-11(3)15)7-8-14(4,18)9-13(16)17/h7-8,10,12,18H,5-6,9H2,1-4H3,(H,16,17). The molecule has 0 spiro atoms. The third-order valence-electron chi connectivity index (χ3n) is 2.90. The number of aliphatic carboxylic acids is 1. The molecule has 18 heavy (non-hydrogen) atoms. The summed E-state index contributed by atoms with van der Waals surface area (Å²) >= 11 is 0. The second-order valence-corrected chi connectivity index (χ2v) is 5.44. The molecule has 0 aliphatic heterocycles. The largest absolute Gasteiger partial charge is 0.481 e. The van der Waals surface area contributed by atoms with Gasteiger partial charge in [0.15, 0.2) is 0 Å². The van der Waals surface area contributed by atoms with Crippen molar-refractivity contribution < 1.29 is 19.8 Å². The lowest BCUT2D eigenvalue weighted by atomic mass is 9.88. The Balaban J connectivity index is 4.56. The fraction of sp³-hybridized carbons (Fsp3) is 0.714. The van der Waals surface area contributed by atoms with Crippen LogP contribution in [0, 0.1) is 11.8 Å². The van der Waals surface area contributed by atoms with Gasteiger partial charge in [-0.2, -0.15) is 0 Å². The molecule has 0 radical (unpaired) electrons. The van der Waals surface area contributed by atoms with Gasteiger partial charge in [0.2, 0.25) is 0 Å². The highest BCUT2D eigenvalue weighted by Gasteiger charge is 2.21. The topological polar surface area (TPSA) is 74.6 Å². The van der Waals surface area contributed by atoms with E-state index in [1.54, 1.807) is 6.92 Å². The predicted molar refractivity (Wildman–Crippen MR) is 70.3 cm³/mol. The van der Waals surface area contributed by atoms with Crippen LogP contribution in [0.1, 0.15) is 47.0 Å². The van der Waals surface area contributed by atoms with Crippen LogP contribution in [0.3, 0.4) is 0 Å². The molecule has 2 atom stereocenters. The molecule has 0 aliphatic rings. The van der Waals surface area contributed by atoms with Gasteiger partial charge in [-0.15, -0.1) is 0 Å². The fourth-order valence-corrected chi connectivity index (χ4v) is 1.72. The number of carboxylic acid groups (broad SMARTS) is 1. The molecular formula is C14H24O4. The van der Waals surface area contributed by atoms with Crippen LogP contribution >= 0.6 is 0 Å². The Hall–Kier alpha value is -1.16. The van der Waals surface area contributed by atoms with Gasteiger partial charge in [-0.25, -0.2) is 0 Å². The van der Waals surface area contributed by atoms with Gasteiger partial charge < -0.3 is 15.0 Å². The molecule has 2 unspecified atom stereocenters. The van der Waals surface area contributed by atoms with Gasteiger partial charge in [0.05, 0.1) is 12.0 Å². The van der Waals surface area contributed by atoms with Gasteiger partial charge in [-0.3, -0.25) is 4.79 Å². The Morgan fingerprint density at radius 3 is 2.28 bits per heavy atom. The third-order valence-corrected chi connectivity index (χ3v) is 2.90. The molecule has 0 fully saturated rings. The number of hydrogen-bond donors (Lipinski definition) is 2. The summed E-state index contributed by atoms with van der Waals surface area (Å²) in [5.41, 5.74) is -1.34. The van der Waals surface area contributed by atoms with Crippen LogP contribution in [0.2, 0.25) is 0 Å². The Bertz CT molecular complexity index is 316. The highest BCUT2D eigenvalue weighted by molar-refractivity contribution is 5.75. The van der Waals surface area contributed by atoms with E-state index in [1.807, 2.05) is 19.9 Å². The SMILES string of the molecule is CC(=O)CCC(C=CC(C)(O)CC(=O)O)C(C)C. The zero-order chi connectivity index (χ0) is 14.3. The number of carbonyl (C=O) groups excluding carboxylic acids is 1. The van der Waals surface area contributed by atoms with Crippen LogP contribution in [-0.4, -0.2) is 27.6 Å². The molecule has 0 rings (SSSR count). The first-order valence-electron chi connectivity index (χ1n) is 6.27. The molecule has 0 saturated carbocycles. The lowest BCUT2D eigenvalue weighted by Gasteiger charge is -2.20. The first-order valence-corrected chi connectivity index (χ1v) is 6.27. The number of Topliss-reactive ketones (excluding diaryl/α,β-unsaturated/α-hetero) is 1. The van der Waals surface area contributed by atoms with Crippen molar-refractivity contribution in [3.05, 3.63) is 12.2 Å². The van der Waals surface area contributed by atoms with Gasteiger partial charge in [-0.05, 0) is 32.1 Å². The van der Waals surface area contributed by atoms with Crippen molar-refractivity contribution in [3.8, 4) is 0 Å². The molecule has 0 aromatic carbocycles.